The third-order valence-electron chi connectivity index (χ3n) is 7.12. The third kappa shape index (κ3) is 7.44. The molecule has 212 valence electrons. The minimum absolute atomic E-state index is 0.0327. The number of para-hydroxylation sites is 1. The van der Waals surface area contributed by atoms with Crippen LogP contribution in [0.1, 0.15) is 44.6 Å². The number of sulfonamides is 1. The molecule has 1 N–H and O–H groups in total. The van der Waals surface area contributed by atoms with Crippen molar-refractivity contribution in [2.45, 2.75) is 62.6 Å². The molecule has 0 radical (unpaired) electrons. The van der Waals surface area contributed by atoms with Crippen molar-refractivity contribution in [3.05, 3.63) is 93.9 Å². The fraction of sp³-hybridized carbons (Fsp3) is 0.333. The molecular weight excluding hydrogens is 614 g/mol. The summed E-state index contributed by atoms with van der Waals surface area (Å²) in [6, 6.07) is 21.1. The molecule has 0 aromatic heterocycles. The lowest BCUT2D eigenvalue weighted by Gasteiger charge is -2.33. The Hall–Kier alpha value is -2.88. The number of carbonyl (C=O) groups excluding carboxylic acids is 2. The Morgan fingerprint density at radius 3 is 2.23 bits per heavy atom. The van der Waals surface area contributed by atoms with Gasteiger partial charge in [0.2, 0.25) is 11.8 Å². The van der Waals surface area contributed by atoms with Crippen LogP contribution >= 0.6 is 27.5 Å². The largest absolute Gasteiger partial charge is 0.352 e. The van der Waals surface area contributed by atoms with Crippen molar-refractivity contribution >= 4 is 55.1 Å². The maximum Gasteiger partial charge on any atom is 0.264 e. The fourth-order valence-corrected chi connectivity index (χ4v) is 6.83. The van der Waals surface area contributed by atoms with Gasteiger partial charge >= 0.3 is 0 Å². The molecule has 2 amide bonds. The van der Waals surface area contributed by atoms with Gasteiger partial charge in [0.25, 0.3) is 10.0 Å². The first-order valence-corrected chi connectivity index (χ1v) is 15.9. The Balaban J connectivity index is 1.67. The molecule has 7 nitrogen and oxygen atoms in total. The van der Waals surface area contributed by atoms with Gasteiger partial charge in [0.05, 0.1) is 15.6 Å². The zero-order valence-electron chi connectivity index (χ0n) is 22.3. The van der Waals surface area contributed by atoms with Crippen LogP contribution in [0.25, 0.3) is 0 Å². The van der Waals surface area contributed by atoms with E-state index < -0.39 is 28.5 Å². The fourth-order valence-electron chi connectivity index (χ4n) is 4.82. The maximum absolute atomic E-state index is 14.0. The molecule has 0 heterocycles. The van der Waals surface area contributed by atoms with Crippen molar-refractivity contribution in [3.8, 4) is 0 Å². The van der Waals surface area contributed by atoms with E-state index in [1.165, 1.54) is 17.0 Å². The van der Waals surface area contributed by atoms with Gasteiger partial charge in [-0.3, -0.25) is 13.9 Å². The number of benzene rings is 3. The van der Waals surface area contributed by atoms with Gasteiger partial charge in [-0.2, -0.15) is 0 Å². The van der Waals surface area contributed by atoms with Gasteiger partial charge in [-0.25, -0.2) is 8.42 Å². The molecule has 0 spiro atoms. The predicted molar refractivity (Wildman–Crippen MR) is 162 cm³/mol. The molecule has 1 atom stereocenters. The topological polar surface area (TPSA) is 86.8 Å². The summed E-state index contributed by atoms with van der Waals surface area (Å²) in [6.07, 6.45) is 5.10. The van der Waals surface area contributed by atoms with Gasteiger partial charge < -0.3 is 10.2 Å². The average Bonchev–Trinajstić information content (AvgIpc) is 2.96. The Bertz CT molecular complexity index is 1410. The summed E-state index contributed by atoms with van der Waals surface area (Å²) in [5.74, 6) is -0.777. The van der Waals surface area contributed by atoms with Crippen LogP contribution in [0.15, 0.2) is 88.2 Å². The van der Waals surface area contributed by atoms with Crippen LogP contribution in [0, 0.1) is 0 Å². The Kier molecular flexibility index (Phi) is 10.3. The third-order valence-corrected chi connectivity index (χ3v) is 9.74. The van der Waals surface area contributed by atoms with Gasteiger partial charge in [0.1, 0.15) is 12.6 Å². The van der Waals surface area contributed by atoms with Crippen molar-refractivity contribution in [3.63, 3.8) is 0 Å². The number of rotatable bonds is 10. The van der Waals surface area contributed by atoms with Crippen LogP contribution in [0.4, 0.5) is 5.69 Å². The van der Waals surface area contributed by atoms with Crippen LogP contribution in [0.5, 0.6) is 0 Å². The lowest BCUT2D eigenvalue weighted by atomic mass is 9.95. The predicted octanol–water partition coefficient (Wildman–Crippen LogP) is 6.16. The first-order chi connectivity index (χ1) is 19.2. The molecule has 10 heteroatoms. The van der Waals surface area contributed by atoms with Crippen molar-refractivity contribution < 1.29 is 18.0 Å². The summed E-state index contributed by atoms with van der Waals surface area (Å²) in [4.78, 5) is 28.8. The van der Waals surface area contributed by atoms with Gasteiger partial charge in [-0.15, -0.1) is 0 Å². The van der Waals surface area contributed by atoms with Crippen LogP contribution < -0.4 is 9.62 Å². The summed E-state index contributed by atoms with van der Waals surface area (Å²) in [5.41, 5.74) is 0.994. The minimum atomic E-state index is -4.16. The molecular formula is C30H33BrClN3O4S. The number of nitrogens with zero attached hydrogens (tertiary/aromatic N) is 2. The Morgan fingerprint density at radius 1 is 0.950 bits per heavy atom. The molecule has 40 heavy (non-hydrogen) atoms. The summed E-state index contributed by atoms with van der Waals surface area (Å²) < 4.78 is 29.5. The molecule has 1 fully saturated rings. The molecule has 0 saturated heterocycles. The molecule has 0 aliphatic heterocycles. The highest BCUT2D eigenvalue weighted by Crippen LogP contribution is 2.31. The number of amides is 2. The first kappa shape index (κ1) is 30.1. The quantitative estimate of drug-likeness (QED) is 0.286. The molecule has 1 saturated carbocycles. The van der Waals surface area contributed by atoms with E-state index in [0.717, 1.165) is 46.4 Å². The second-order valence-electron chi connectivity index (χ2n) is 9.94. The van der Waals surface area contributed by atoms with E-state index in [-0.39, 0.29) is 34.1 Å². The minimum Gasteiger partial charge on any atom is -0.352 e. The van der Waals surface area contributed by atoms with Crippen LogP contribution in [-0.4, -0.2) is 43.8 Å². The molecule has 1 aliphatic rings. The van der Waals surface area contributed by atoms with E-state index in [4.69, 9.17) is 11.6 Å². The smallest absolute Gasteiger partial charge is 0.264 e. The van der Waals surface area contributed by atoms with Crippen molar-refractivity contribution in [1.82, 2.24) is 10.2 Å². The second-order valence-corrected chi connectivity index (χ2v) is 13.1. The zero-order chi connectivity index (χ0) is 28.7. The lowest BCUT2D eigenvalue weighted by molar-refractivity contribution is -0.139. The van der Waals surface area contributed by atoms with Gasteiger partial charge in [0, 0.05) is 17.1 Å². The SMILES string of the molecule is CC(C(=O)NC1CCCCC1)N(Cc1ccc(Br)cc1)C(=O)CN(c1ccccc1Cl)S(=O)(=O)c1ccccc1. The maximum atomic E-state index is 14.0. The first-order valence-electron chi connectivity index (χ1n) is 13.3. The summed E-state index contributed by atoms with van der Waals surface area (Å²) in [7, 11) is -4.16. The summed E-state index contributed by atoms with van der Waals surface area (Å²) >= 11 is 9.87. The van der Waals surface area contributed by atoms with E-state index in [2.05, 4.69) is 21.2 Å². The van der Waals surface area contributed by atoms with Crippen LogP contribution in [0.3, 0.4) is 0 Å². The summed E-state index contributed by atoms with van der Waals surface area (Å²) in [5, 5.41) is 3.30. The number of hydrogen-bond acceptors (Lipinski definition) is 4. The van der Waals surface area contributed by atoms with Gasteiger partial charge in [-0.05, 0) is 61.7 Å². The number of anilines is 1. The number of halogens is 2. The highest BCUT2D eigenvalue weighted by molar-refractivity contribution is 9.10. The Labute approximate surface area is 249 Å². The lowest BCUT2D eigenvalue weighted by Crippen LogP contribution is -2.53. The monoisotopic (exact) mass is 645 g/mol. The van der Waals surface area contributed by atoms with E-state index in [9.17, 15) is 18.0 Å². The Morgan fingerprint density at radius 2 is 1.57 bits per heavy atom. The molecule has 1 aliphatic carbocycles. The molecule has 3 aromatic rings. The van der Waals surface area contributed by atoms with Crippen molar-refractivity contribution in [2.75, 3.05) is 10.8 Å². The van der Waals surface area contributed by atoms with E-state index in [0.29, 0.717) is 0 Å². The summed E-state index contributed by atoms with van der Waals surface area (Å²) in [6.45, 7) is 1.28. The van der Waals surface area contributed by atoms with E-state index >= 15 is 0 Å². The zero-order valence-corrected chi connectivity index (χ0v) is 25.5. The van der Waals surface area contributed by atoms with Crippen LogP contribution in [-0.2, 0) is 26.2 Å². The van der Waals surface area contributed by atoms with Gasteiger partial charge in [0.15, 0.2) is 0 Å². The highest BCUT2D eigenvalue weighted by atomic mass is 79.9. The number of carbonyl (C=O) groups is 2. The normalized spacial score (nSPS) is 14.8. The number of nitrogens with one attached hydrogen (secondary N) is 1. The molecule has 4 rings (SSSR count). The molecule has 1 unspecified atom stereocenters. The number of hydrogen-bond donors (Lipinski definition) is 1. The molecule has 3 aromatic carbocycles. The van der Waals surface area contributed by atoms with Crippen molar-refractivity contribution in [2.24, 2.45) is 0 Å². The molecule has 0 bridgehead atoms. The van der Waals surface area contributed by atoms with Gasteiger partial charge in [-0.1, -0.05) is 89.3 Å². The highest BCUT2D eigenvalue weighted by Gasteiger charge is 2.33. The standard InChI is InChI=1S/C30H33BrClN3O4S/c1-22(30(37)33-25-10-4-2-5-11-25)34(20-23-16-18-24(31)19-17-23)29(36)21-35(28-15-9-8-14-27(28)32)40(38,39)26-12-6-3-7-13-26/h3,6-9,12-19,22,25H,2,4-5,10-11,20-21H2,1H3,(H,33,37). The van der Waals surface area contributed by atoms with Crippen molar-refractivity contribution in [1.29, 1.82) is 0 Å². The average molecular weight is 647 g/mol. The van der Waals surface area contributed by atoms with E-state index in [1.54, 1.807) is 49.4 Å². The second kappa shape index (κ2) is 13.7. The van der Waals surface area contributed by atoms with E-state index in [1.807, 2.05) is 24.3 Å². The van der Waals surface area contributed by atoms with Crippen LogP contribution in [0.2, 0.25) is 5.02 Å².